The fraction of sp³-hybridized carbons (Fsp3) is 0. The fourth-order valence-electron chi connectivity index (χ4n) is 7.93. The summed E-state index contributed by atoms with van der Waals surface area (Å²) in [6.07, 6.45) is 0. The molecule has 228 valence electrons. The van der Waals surface area contributed by atoms with E-state index in [0.29, 0.717) is 0 Å². The van der Waals surface area contributed by atoms with Gasteiger partial charge in [-0.25, -0.2) is 0 Å². The summed E-state index contributed by atoms with van der Waals surface area (Å²) in [5.41, 5.74) is 9.17. The van der Waals surface area contributed by atoms with Crippen molar-refractivity contribution in [2.75, 3.05) is 0 Å². The first-order chi connectivity index (χ1) is 24.3. The zero-order valence-corrected chi connectivity index (χ0v) is 26.7. The van der Waals surface area contributed by atoms with Crippen LogP contribution in [0.3, 0.4) is 0 Å². The van der Waals surface area contributed by atoms with Crippen LogP contribution in [0, 0.1) is 0 Å². The second-order valence-electron chi connectivity index (χ2n) is 12.8. The minimum absolute atomic E-state index is 0.884. The van der Waals surface area contributed by atoms with Gasteiger partial charge in [-0.1, -0.05) is 170 Å². The van der Waals surface area contributed by atoms with E-state index in [2.05, 4.69) is 176 Å². The molecular formula is C48H30O. The molecule has 0 saturated carbocycles. The van der Waals surface area contributed by atoms with Crippen molar-refractivity contribution in [1.29, 1.82) is 0 Å². The Morgan fingerprint density at radius 3 is 1.55 bits per heavy atom. The number of hydrogen-bond donors (Lipinski definition) is 0. The summed E-state index contributed by atoms with van der Waals surface area (Å²) in [4.78, 5) is 0. The lowest BCUT2D eigenvalue weighted by Gasteiger charge is -2.19. The van der Waals surface area contributed by atoms with E-state index in [1.165, 1.54) is 65.3 Å². The Balaban J connectivity index is 1.28. The highest BCUT2D eigenvalue weighted by atomic mass is 16.3. The van der Waals surface area contributed by atoms with Gasteiger partial charge in [-0.3, -0.25) is 0 Å². The first kappa shape index (κ1) is 27.7. The summed E-state index contributed by atoms with van der Waals surface area (Å²) in [6.45, 7) is 0. The number of furan rings is 1. The molecule has 0 amide bonds. The lowest BCUT2D eigenvalue weighted by molar-refractivity contribution is 0.632. The van der Waals surface area contributed by atoms with Gasteiger partial charge in [0.25, 0.3) is 0 Å². The molecule has 10 rings (SSSR count). The van der Waals surface area contributed by atoms with Crippen LogP contribution in [0.15, 0.2) is 186 Å². The monoisotopic (exact) mass is 622 g/mol. The minimum atomic E-state index is 0.884. The maximum absolute atomic E-state index is 6.65. The van der Waals surface area contributed by atoms with Crippen LogP contribution < -0.4 is 0 Å². The average molecular weight is 623 g/mol. The van der Waals surface area contributed by atoms with E-state index in [1.54, 1.807) is 0 Å². The molecular weight excluding hydrogens is 593 g/mol. The van der Waals surface area contributed by atoms with Crippen LogP contribution in [0.25, 0.3) is 98.8 Å². The van der Waals surface area contributed by atoms with Gasteiger partial charge in [-0.05, 0) is 83.0 Å². The highest BCUT2D eigenvalue weighted by molar-refractivity contribution is 6.25. The molecule has 1 heterocycles. The van der Waals surface area contributed by atoms with Gasteiger partial charge in [-0.15, -0.1) is 0 Å². The summed E-state index contributed by atoms with van der Waals surface area (Å²) in [6, 6.07) is 65.6. The molecule has 0 spiro atoms. The second-order valence-corrected chi connectivity index (χ2v) is 12.8. The van der Waals surface area contributed by atoms with Gasteiger partial charge in [-0.2, -0.15) is 0 Å². The topological polar surface area (TPSA) is 13.1 Å². The zero-order chi connectivity index (χ0) is 32.3. The van der Waals surface area contributed by atoms with Gasteiger partial charge in [0.15, 0.2) is 0 Å². The molecule has 0 unspecified atom stereocenters. The van der Waals surface area contributed by atoms with Crippen LogP contribution in [-0.4, -0.2) is 0 Å². The molecule has 0 aliphatic rings. The Bertz CT molecular complexity index is 2800. The number of benzene rings is 9. The summed E-state index contributed by atoms with van der Waals surface area (Å²) < 4.78 is 6.65. The third kappa shape index (κ3) is 4.33. The third-order valence-corrected chi connectivity index (χ3v) is 10.1. The van der Waals surface area contributed by atoms with E-state index in [-0.39, 0.29) is 0 Å². The molecule has 0 saturated heterocycles. The van der Waals surface area contributed by atoms with Crippen molar-refractivity contribution in [3.8, 4) is 44.7 Å². The smallest absolute Gasteiger partial charge is 0.143 e. The lowest BCUT2D eigenvalue weighted by Crippen LogP contribution is -1.92. The Hall–Kier alpha value is -6.44. The quantitative estimate of drug-likeness (QED) is 0.141. The summed E-state index contributed by atoms with van der Waals surface area (Å²) in [7, 11) is 0. The van der Waals surface area contributed by atoms with E-state index < -0.39 is 0 Å². The van der Waals surface area contributed by atoms with Crippen LogP contribution >= 0.6 is 0 Å². The second kappa shape index (κ2) is 11.1. The van der Waals surface area contributed by atoms with E-state index in [0.717, 1.165) is 33.4 Å². The molecule has 0 fully saturated rings. The molecule has 0 aliphatic heterocycles. The van der Waals surface area contributed by atoms with Crippen LogP contribution in [0.2, 0.25) is 0 Å². The Morgan fingerprint density at radius 1 is 0.286 bits per heavy atom. The number of hydrogen-bond acceptors (Lipinski definition) is 1. The molecule has 1 heteroatoms. The van der Waals surface area contributed by atoms with Crippen LogP contribution in [-0.2, 0) is 0 Å². The first-order valence-electron chi connectivity index (χ1n) is 16.9. The minimum Gasteiger partial charge on any atom is -0.455 e. The molecule has 1 aromatic heterocycles. The standard InChI is InChI=1S/C48H30O/c1-3-15-32(16-4-1)46-43-30-34(27-29-44(43)49-48(46)33-17-5-2-6-18-33)45-39-20-9-11-22-41(39)47(42-23-12-10-21-40(42)45)38-25-13-24-36-35-19-8-7-14-31(35)26-28-37(36)38/h1-30H. The average Bonchev–Trinajstić information content (AvgIpc) is 3.56. The maximum Gasteiger partial charge on any atom is 0.143 e. The number of rotatable bonds is 4. The van der Waals surface area contributed by atoms with Gasteiger partial charge >= 0.3 is 0 Å². The van der Waals surface area contributed by atoms with Crippen molar-refractivity contribution in [3.05, 3.63) is 182 Å². The molecule has 0 aliphatic carbocycles. The zero-order valence-electron chi connectivity index (χ0n) is 26.7. The maximum atomic E-state index is 6.65. The Labute approximate surface area is 284 Å². The van der Waals surface area contributed by atoms with Crippen molar-refractivity contribution in [3.63, 3.8) is 0 Å². The fourth-order valence-corrected chi connectivity index (χ4v) is 7.93. The molecule has 0 N–H and O–H groups in total. The third-order valence-electron chi connectivity index (χ3n) is 10.1. The highest BCUT2D eigenvalue weighted by Crippen LogP contribution is 2.48. The summed E-state index contributed by atoms with van der Waals surface area (Å²) in [5.74, 6) is 0.896. The molecule has 0 bridgehead atoms. The molecule has 10 aromatic rings. The largest absolute Gasteiger partial charge is 0.455 e. The van der Waals surface area contributed by atoms with Crippen molar-refractivity contribution in [2.45, 2.75) is 0 Å². The van der Waals surface area contributed by atoms with Gasteiger partial charge in [0.1, 0.15) is 11.3 Å². The van der Waals surface area contributed by atoms with Crippen molar-refractivity contribution in [1.82, 2.24) is 0 Å². The van der Waals surface area contributed by atoms with Gasteiger partial charge < -0.3 is 4.42 Å². The molecule has 9 aromatic carbocycles. The van der Waals surface area contributed by atoms with E-state index in [1.807, 2.05) is 6.07 Å². The van der Waals surface area contributed by atoms with E-state index >= 15 is 0 Å². The van der Waals surface area contributed by atoms with Crippen LogP contribution in [0.5, 0.6) is 0 Å². The van der Waals surface area contributed by atoms with Crippen molar-refractivity contribution >= 4 is 54.1 Å². The molecule has 1 nitrogen and oxygen atoms in total. The molecule has 0 radical (unpaired) electrons. The Morgan fingerprint density at radius 2 is 0.857 bits per heavy atom. The normalized spacial score (nSPS) is 11.7. The predicted octanol–water partition coefficient (Wildman–Crippen LogP) is 13.7. The van der Waals surface area contributed by atoms with E-state index in [9.17, 15) is 0 Å². The van der Waals surface area contributed by atoms with Crippen molar-refractivity contribution < 1.29 is 4.42 Å². The van der Waals surface area contributed by atoms with Gasteiger partial charge in [0, 0.05) is 16.5 Å². The predicted molar refractivity (Wildman–Crippen MR) is 208 cm³/mol. The SMILES string of the molecule is c1ccc(-c2oc3ccc(-c4c5ccccc5c(-c5cccc6c5ccc5ccccc56)c5ccccc45)cc3c2-c2ccccc2)cc1. The summed E-state index contributed by atoms with van der Waals surface area (Å²) >= 11 is 0. The highest BCUT2D eigenvalue weighted by Gasteiger charge is 2.21. The Kier molecular flexibility index (Phi) is 6.25. The van der Waals surface area contributed by atoms with Gasteiger partial charge in [0.05, 0.1) is 0 Å². The number of fused-ring (bicyclic) bond motifs is 6. The van der Waals surface area contributed by atoms with Gasteiger partial charge in [0.2, 0.25) is 0 Å². The molecule has 49 heavy (non-hydrogen) atoms. The summed E-state index contributed by atoms with van der Waals surface area (Å²) in [5, 5.41) is 11.2. The first-order valence-corrected chi connectivity index (χ1v) is 16.9. The van der Waals surface area contributed by atoms with Crippen LogP contribution in [0.1, 0.15) is 0 Å². The lowest BCUT2D eigenvalue weighted by atomic mass is 9.84. The van der Waals surface area contributed by atoms with Crippen molar-refractivity contribution in [2.24, 2.45) is 0 Å². The van der Waals surface area contributed by atoms with Crippen LogP contribution in [0.4, 0.5) is 0 Å². The van der Waals surface area contributed by atoms with E-state index in [4.69, 9.17) is 4.42 Å². The molecule has 0 atom stereocenters.